The van der Waals surface area contributed by atoms with Crippen molar-refractivity contribution >= 4 is 0 Å². The standard InChI is InChI=1S/C9H9F3.6H2/c1-6-3-7(2)5-8(4-6)9(10,11)12;;;;;;/h3-5H,1-2H3;6*1H/i;6*1+1D. The lowest BCUT2D eigenvalue weighted by molar-refractivity contribution is -0.137. The van der Waals surface area contributed by atoms with Gasteiger partial charge in [0.05, 0.1) is 5.56 Å². The molecule has 0 unspecified atom stereocenters. The largest absolute Gasteiger partial charge is 0.416 e. The molecule has 1 aromatic carbocycles. The Hall–Kier alpha value is -0.990. The van der Waals surface area contributed by atoms with Crippen LogP contribution in [0.4, 0.5) is 13.2 Å². The molecular weight excluding hydrogens is 165 g/mol. The number of halogens is 3. The van der Waals surface area contributed by atoms with E-state index in [2.05, 4.69) is 0 Å². The first-order chi connectivity index (χ1) is 11.4. The number of alkyl halides is 3. The van der Waals surface area contributed by atoms with Crippen LogP contribution in [0.15, 0.2) is 18.2 Å². The summed E-state index contributed by atoms with van der Waals surface area (Å²) in [5.74, 6) is 0. The van der Waals surface area contributed by atoms with Crippen molar-refractivity contribution in [2.45, 2.75) is 20.0 Å². The maximum absolute atomic E-state index is 12.1. The maximum atomic E-state index is 12.1. The molecule has 0 radical (unpaired) electrons. The summed E-state index contributed by atoms with van der Waals surface area (Å²) in [5.41, 5.74) is 0.713. The van der Waals surface area contributed by atoms with Crippen molar-refractivity contribution in [3.63, 3.8) is 0 Å². The minimum atomic E-state index is -4.23. The summed E-state index contributed by atoms with van der Waals surface area (Å²) in [7, 11) is 0. The molecule has 0 aromatic heterocycles. The van der Waals surface area contributed by atoms with Crippen LogP contribution in [0.2, 0.25) is 0 Å². The van der Waals surface area contributed by atoms with Gasteiger partial charge in [0.25, 0.3) is 0 Å². The Morgan fingerprint density at radius 3 is 1.83 bits per heavy atom. The van der Waals surface area contributed by atoms with E-state index < -0.39 is 11.7 Å². The van der Waals surface area contributed by atoms with Crippen LogP contribution >= 0.6 is 0 Å². The van der Waals surface area contributed by atoms with E-state index in [0.29, 0.717) is 11.1 Å². The number of benzene rings is 1. The van der Waals surface area contributed by atoms with E-state index in [-0.39, 0.29) is 0 Å². The summed E-state index contributed by atoms with van der Waals surface area (Å²) < 4.78 is 96.4. The maximum Gasteiger partial charge on any atom is 0.416 e. The van der Waals surface area contributed by atoms with E-state index in [4.69, 9.17) is 17.8 Å². The summed E-state index contributed by atoms with van der Waals surface area (Å²) in [6.07, 6.45) is -4.23. The quantitative estimate of drug-likeness (QED) is 0.562. The van der Waals surface area contributed by atoms with Gasteiger partial charge in [-0.2, -0.15) is 13.2 Å². The molecular formula is C9H21F3. The second-order valence-electron chi connectivity index (χ2n) is 2.87. The number of rotatable bonds is 0. The Bertz CT molecular complexity index is 290. The van der Waals surface area contributed by atoms with E-state index in [0.717, 1.165) is 12.1 Å². The molecule has 0 heterocycles. The minimum absolute atomic E-state index is 0.569. The molecule has 0 aliphatic carbocycles. The fourth-order valence-corrected chi connectivity index (χ4v) is 1.14. The highest BCUT2D eigenvalue weighted by atomic mass is 19.4. The third-order valence-corrected chi connectivity index (χ3v) is 1.55. The van der Waals surface area contributed by atoms with Gasteiger partial charge in [-0.25, -0.2) is 0 Å². The highest BCUT2D eigenvalue weighted by molar-refractivity contribution is 5.30. The van der Waals surface area contributed by atoms with Crippen LogP contribution in [0, 0.1) is 13.8 Å². The van der Waals surface area contributed by atoms with E-state index in [9.17, 15) is 13.2 Å². The molecule has 1 aromatic rings. The van der Waals surface area contributed by atoms with Gasteiger partial charge in [-0.15, -0.1) is 0 Å². The molecule has 0 spiro atoms. The molecule has 12 heavy (non-hydrogen) atoms. The van der Waals surface area contributed by atoms with Crippen molar-refractivity contribution in [1.82, 2.24) is 0 Å². The first-order valence-electron chi connectivity index (χ1n) is 9.55. The van der Waals surface area contributed by atoms with Gasteiger partial charge in [0.15, 0.2) is 0 Å². The molecule has 78 valence electrons. The van der Waals surface area contributed by atoms with Crippen molar-refractivity contribution in [3.8, 4) is 0 Å². The van der Waals surface area contributed by atoms with Gasteiger partial charge in [-0.3, -0.25) is 0 Å². The summed E-state index contributed by atoms with van der Waals surface area (Å²) in [4.78, 5) is 0. The zero-order valence-corrected chi connectivity index (χ0v) is 6.87. The Balaban J connectivity index is -0.0000000573. The molecule has 0 atom stereocenters. The second-order valence-corrected chi connectivity index (χ2v) is 2.87. The third kappa shape index (κ3) is 2.00. The van der Waals surface area contributed by atoms with Crippen LogP contribution in [0.3, 0.4) is 0 Å². The Labute approximate surface area is 87.5 Å². The first kappa shape index (κ1) is 3.81. The summed E-state index contributed by atoms with van der Waals surface area (Å²) in [6, 6.07) is 4.01. The lowest BCUT2D eigenvalue weighted by atomic mass is 10.1. The second kappa shape index (κ2) is 2.81. The Morgan fingerprint density at radius 2 is 1.50 bits per heavy atom. The van der Waals surface area contributed by atoms with Gasteiger partial charge in [0, 0.05) is 17.8 Å². The SMILES string of the molecule is Cc1cc(C)cc(C(F)(F)F)c1.[2H][2H].[2H][2H].[2H][2H].[2H][2H].[2H][2H].[2H][2H]. The van der Waals surface area contributed by atoms with Crippen LogP contribution < -0.4 is 0 Å². The van der Waals surface area contributed by atoms with Crippen LogP contribution in [0.25, 0.3) is 0 Å². The van der Waals surface area contributed by atoms with Crippen molar-refractivity contribution in [2.24, 2.45) is 0 Å². The fraction of sp³-hybridized carbons (Fsp3) is 0.333. The Kier molecular flexibility index (Phi) is 0.892. The molecule has 1 rings (SSSR count). The highest BCUT2D eigenvalue weighted by Gasteiger charge is 2.30. The van der Waals surface area contributed by atoms with Gasteiger partial charge in [0.1, 0.15) is 0 Å². The van der Waals surface area contributed by atoms with Crippen LogP contribution in [0.5, 0.6) is 0 Å². The van der Waals surface area contributed by atoms with Gasteiger partial charge in [0.2, 0.25) is 0 Å². The van der Waals surface area contributed by atoms with Crippen LogP contribution in [-0.2, 0) is 6.18 Å². The van der Waals surface area contributed by atoms with Gasteiger partial charge in [-0.1, -0.05) is 17.2 Å². The number of hydrogen-bond donors (Lipinski definition) is 0. The Morgan fingerprint density at radius 1 is 1.08 bits per heavy atom. The molecule has 0 saturated heterocycles. The predicted molar refractivity (Wildman–Crippen MR) is 53.6 cm³/mol. The number of hydrogen-bond acceptors (Lipinski definition) is 0. The lowest BCUT2D eigenvalue weighted by Gasteiger charge is -2.08. The minimum Gasteiger partial charge on any atom is -0.166 e. The highest BCUT2D eigenvalue weighted by Crippen LogP contribution is 2.30. The summed E-state index contributed by atoms with van der Waals surface area (Å²) in [6.45, 7) is 3.31. The predicted octanol–water partition coefficient (Wildman–Crippen LogP) is 4.80. The van der Waals surface area contributed by atoms with Gasteiger partial charge in [-0.05, 0) is 26.0 Å². The normalized spacial score (nSPS) is 15.8. The topological polar surface area (TPSA) is 0 Å². The molecule has 0 bridgehead atoms. The molecule has 3 heteroatoms. The molecule has 0 fully saturated rings. The monoisotopic (exact) mass is 198 g/mol. The van der Waals surface area contributed by atoms with Crippen LogP contribution in [-0.4, -0.2) is 0 Å². The third-order valence-electron chi connectivity index (χ3n) is 1.55. The molecule has 0 amide bonds. The smallest absolute Gasteiger partial charge is 0.166 e. The molecule has 0 aliphatic rings. The zero-order chi connectivity index (χ0) is 21.4. The van der Waals surface area contributed by atoms with Crippen molar-refractivity contribution in [1.29, 1.82) is 0 Å². The van der Waals surface area contributed by atoms with Crippen molar-refractivity contribution in [2.75, 3.05) is 0 Å². The lowest BCUT2D eigenvalue weighted by Crippen LogP contribution is -2.05. The molecule has 0 saturated carbocycles. The van der Waals surface area contributed by atoms with Crippen molar-refractivity contribution < 1.29 is 31.0 Å². The van der Waals surface area contributed by atoms with E-state index in [1.807, 2.05) is 0 Å². The molecule has 0 nitrogen and oxygen atoms in total. The number of aryl methyl sites for hydroxylation is 2. The van der Waals surface area contributed by atoms with Gasteiger partial charge >= 0.3 is 6.18 Å². The molecule has 0 aliphatic heterocycles. The first-order valence-corrected chi connectivity index (χ1v) is 3.55. The zero-order valence-electron chi connectivity index (χ0n) is 18.9. The van der Waals surface area contributed by atoms with Crippen LogP contribution in [0.1, 0.15) is 34.5 Å². The fourth-order valence-electron chi connectivity index (χ4n) is 1.14. The van der Waals surface area contributed by atoms with E-state index in [1.54, 1.807) is 19.9 Å². The summed E-state index contributed by atoms with van der Waals surface area (Å²) >= 11 is 0. The average Bonchev–Trinajstić information content (AvgIpc) is 2.64. The average molecular weight is 198 g/mol. The molecule has 0 N–H and O–H groups in total. The van der Waals surface area contributed by atoms with E-state index >= 15 is 0 Å². The van der Waals surface area contributed by atoms with Gasteiger partial charge < -0.3 is 0 Å². The van der Waals surface area contributed by atoms with Crippen molar-refractivity contribution in [3.05, 3.63) is 34.9 Å². The summed E-state index contributed by atoms with van der Waals surface area (Å²) in [5, 5.41) is 0. The van der Waals surface area contributed by atoms with E-state index in [1.165, 1.54) is 0 Å².